The summed E-state index contributed by atoms with van der Waals surface area (Å²) >= 11 is 1.41. The lowest BCUT2D eigenvalue weighted by atomic mass is 10.2. The number of ether oxygens (including phenoxy) is 1. The first-order chi connectivity index (χ1) is 10.2. The van der Waals surface area contributed by atoms with Crippen molar-refractivity contribution in [3.8, 4) is 16.2 Å². The quantitative estimate of drug-likeness (QED) is 0.746. The maximum atomic E-state index is 11.8. The van der Waals surface area contributed by atoms with E-state index in [0.717, 1.165) is 10.4 Å². The molecule has 2 aromatic heterocycles. The summed E-state index contributed by atoms with van der Waals surface area (Å²) in [6.07, 6.45) is 1.36. The second-order valence-corrected chi connectivity index (χ2v) is 5.48. The lowest BCUT2D eigenvalue weighted by Gasteiger charge is -2.03. The van der Waals surface area contributed by atoms with Crippen LogP contribution in [0.3, 0.4) is 0 Å². The number of pyridine rings is 1. The Kier molecular flexibility index (Phi) is 3.58. The van der Waals surface area contributed by atoms with Crippen LogP contribution >= 0.6 is 11.3 Å². The van der Waals surface area contributed by atoms with Gasteiger partial charge in [0.15, 0.2) is 5.75 Å². The Bertz CT molecular complexity index is 796. The van der Waals surface area contributed by atoms with E-state index in [1.54, 1.807) is 6.92 Å². The molecular weight excluding hydrogens is 286 g/mol. The molecule has 0 radical (unpaired) electrons. The van der Waals surface area contributed by atoms with Crippen molar-refractivity contribution in [3.05, 3.63) is 48.2 Å². The summed E-state index contributed by atoms with van der Waals surface area (Å²) in [5.74, 6) is -0.621. The highest BCUT2D eigenvalue weighted by atomic mass is 32.1. The van der Waals surface area contributed by atoms with Gasteiger partial charge in [0.25, 0.3) is 0 Å². The Morgan fingerprint density at radius 3 is 2.81 bits per heavy atom. The molecule has 0 aliphatic rings. The fourth-order valence-electron chi connectivity index (χ4n) is 2.07. The van der Waals surface area contributed by atoms with Crippen molar-refractivity contribution < 1.29 is 14.6 Å². The minimum absolute atomic E-state index is 0.0642. The van der Waals surface area contributed by atoms with Crippen molar-refractivity contribution in [2.24, 2.45) is 0 Å². The topological polar surface area (TPSA) is 59.4 Å². The summed E-state index contributed by atoms with van der Waals surface area (Å²) in [7, 11) is 0. The molecule has 1 aromatic carbocycles. The van der Waals surface area contributed by atoms with Gasteiger partial charge in [-0.3, -0.25) is 4.98 Å². The fraction of sp³-hybridized carbons (Fsp3) is 0.125. The third-order valence-electron chi connectivity index (χ3n) is 3.07. The monoisotopic (exact) mass is 299 g/mol. The Labute approximate surface area is 125 Å². The van der Waals surface area contributed by atoms with Gasteiger partial charge in [-0.25, -0.2) is 4.79 Å². The van der Waals surface area contributed by atoms with Crippen LogP contribution in [0.4, 0.5) is 0 Å². The molecule has 0 amide bonds. The Balaban J connectivity index is 2.10. The van der Waals surface area contributed by atoms with Crippen molar-refractivity contribution in [1.29, 1.82) is 0 Å². The van der Waals surface area contributed by atoms with Crippen molar-refractivity contribution in [3.63, 3.8) is 0 Å². The van der Waals surface area contributed by atoms with Crippen molar-refractivity contribution in [2.75, 3.05) is 6.61 Å². The maximum absolute atomic E-state index is 11.8. The molecule has 0 aliphatic carbocycles. The van der Waals surface area contributed by atoms with E-state index in [-0.39, 0.29) is 17.9 Å². The van der Waals surface area contributed by atoms with Crippen LogP contribution in [0, 0.1) is 0 Å². The first-order valence-electron chi connectivity index (χ1n) is 6.54. The number of esters is 1. The number of rotatable bonds is 3. The Hall–Kier alpha value is -2.40. The van der Waals surface area contributed by atoms with E-state index >= 15 is 0 Å². The molecule has 0 bridgehead atoms. The molecular formula is C16H13NO3S. The number of fused-ring (bicyclic) bond motifs is 1. The van der Waals surface area contributed by atoms with Gasteiger partial charge in [-0.1, -0.05) is 30.3 Å². The number of hydrogen-bond donors (Lipinski definition) is 1. The summed E-state index contributed by atoms with van der Waals surface area (Å²) < 4.78 is 5.51. The van der Waals surface area contributed by atoms with Gasteiger partial charge in [-0.15, -0.1) is 11.3 Å². The molecule has 1 N–H and O–H groups in total. The second kappa shape index (κ2) is 5.54. The van der Waals surface area contributed by atoms with Gasteiger partial charge in [0.2, 0.25) is 0 Å². The van der Waals surface area contributed by atoms with Crippen molar-refractivity contribution in [1.82, 2.24) is 4.98 Å². The summed E-state index contributed by atoms with van der Waals surface area (Å²) in [5.41, 5.74) is 1.83. The number of hydrogen-bond acceptors (Lipinski definition) is 5. The van der Waals surface area contributed by atoms with Gasteiger partial charge in [0, 0.05) is 11.1 Å². The summed E-state index contributed by atoms with van der Waals surface area (Å²) in [5, 5.41) is 10.3. The summed E-state index contributed by atoms with van der Waals surface area (Å²) in [6.45, 7) is 1.98. The van der Waals surface area contributed by atoms with Crippen molar-refractivity contribution in [2.45, 2.75) is 6.92 Å². The van der Waals surface area contributed by atoms with Crippen LogP contribution in [0.2, 0.25) is 0 Å². The third kappa shape index (κ3) is 2.48. The zero-order chi connectivity index (χ0) is 14.8. The molecule has 3 rings (SSSR count). The Morgan fingerprint density at radius 1 is 1.33 bits per heavy atom. The molecule has 0 fully saturated rings. The molecule has 5 heteroatoms. The smallest absolute Gasteiger partial charge is 0.343 e. The van der Waals surface area contributed by atoms with Crippen LogP contribution in [0.15, 0.2) is 42.6 Å². The first kappa shape index (κ1) is 13.6. The second-order valence-electron chi connectivity index (χ2n) is 4.43. The standard InChI is InChI=1S/C16H13NO3S/c1-2-20-16(19)11-9-17-12-8-13(21-15(12)14(11)18)10-6-4-3-5-7-10/h3-9H,2H2,1H3,(H,17,18). The van der Waals surface area contributed by atoms with Crippen LogP contribution in [-0.4, -0.2) is 22.7 Å². The van der Waals surface area contributed by atoms with Crippen LogP contribution in [0.25, 0.3) is 20.7 Å². The van der Waals surface area contributed by atoms with E-state index in [9.17, 15) is 9.90 Å². The molecule has 21 heavy (non-hydrogen) atoms. The molecule has 0 aliphatic heterocycles. The average Bonchev–Trinajstić information content (AvgIpc) is 2.94. The van der Waals surface area contributed by atoms with Gasteiger partial charge in [-0.05, 0) is 18.6 Å². The number of thiophene rings is 1. The third-order valence-corrected chi connectivity index (χ3v) is 4.25. The number of benzene rings is 1. The van der Waals surface area contributed by atoms with E-state index in [4.69, 9.17) is 4.74 Å². The van der Waals surface area contributed by atoms with Gasteiger partial charge in [-0.2, -0.15) is 0 Å². The number of aromatic nitrogens is 1. The molecule has 4 nitrogen and oxygen atoms in total. The van der Waals surface area contributed by atoms with Crippen LogP contribution < -0.4 is 0 Å². The number of nitrogens with zero attached hydrogens (tertiary/aromatic N) is 1. The lowest BCUT2D eigenvalue weighted by molar-refractivity contribution is 0.0523. The molecule has 0 unspecified atom stereocenters. The molecule has 0 saturated heterocycles. The maximum Gasteiger partial charge on any atom is 0.343 e. The van der Waals surface area contributed by atoms with Crippen LogP contribution in [0.5, 0.6) is 5.75 Å². The number of carbonyl (C=O) groups is 1. The summed E-state index contributed by atoms with van der Waals surface area (Å²) in [6, 6.07) is 11.8. The van der Waals surface area contributed by atoms with E-state index in [1.165, 1.54) is 17.5 Å². The van der Waals surface area contributed by atoms with Gasteiger partial charge < -0.3 is 9.84 Å². The number of aromatic hydroxyl groups is 1. The predicted molar refractivity (Wildman–Crippen MR) is 82.7 cm³/mol. The van der Waals surface area contributed by atoms with E-state index < -0.39 is 5.97 Å². The minimum atomic E-state index is -0.556. The molecule has 0 spiro atoms. The molecule has 0 atom stereocenters. The van der Waals surface area contributed by atoms with E-state index in [1.807, 2.05) is 36.4 Å². The Morgan fingerprint density at radius 2 is 2.10 bits per heavy atom. The largest absolute Gasteiger partial charge is 0.505 e. The predicted octanol–water partition coefficient (Wildman–Crippen LogP) is 3.85. The number of carbonyl (C=O) groups excluding carboxylic acids is 1. The van der Waals surface area contributed by atoms with Crippen LogP contribution in [0.1, 0.15) is 17.3 Å². The van der Waals surface area contributed by atoms with Gasteiger partial charge >= 0.3 is 5.97 Å². The van der Waals surface area contributed by atoms with E-state index in [2.05, 4.69) is 4.98 Å². The molecule has 106 valence electrons. The van der Waals surface area contributed by atoms with Gasteiger partial charge in [0.1, 0.15) is 5.56 Å². The molecule has 2 heterocycles. The summed E-state index contributed by atoms with van der Waals surface area (Å²) in [4.78, 5) is 17.0. The highest BCUT2D eigenvalue weighted by Gasteiger charge is 2.18. The SMILES string of the molecule is CCOC(=O)c1cnc2cc(-c3ccccc3)sc2c1O. The van der Waals surface area contributed by atoms with E-state index in [0.29, 0.717) is 10.2 Å². The normalized spacial score (nSPS) is 10.7. The zero-order valence-corrected chi connectivity index (χ0v) is 12.2. The highest BCUT2D eigenvalue weighted by Crippen LogP contribution is 2.38. The average molecular weight is 299 g/mol. The lowest BCUT2D eigenvalue weighted by Crippen LogP contribution is -2.05. The molecule has 0 saturated carbocycles. The highest BCUT2D eigenvalue weighted by molar-refractivity contribution is 7.22. The van der Waals surface area contributed by atoms with Gasteiger partial charge in [0.05, 0.1) is 16.8 Å². The molecule has 3 aromatic rings. The minimum Gasteiger partial charge on any atom is -0.505 e. The fourth-order valence-corrected chi connectivity index (χ4v) is 3.13. The van der Waals surface area contributed by atoms with Crippen molar-refractivity contribution >= 4 is 27.5 Å². The van der Waals surface area contributed by atoms with Crippen LogP contribution in [-0.2, 0) is 4.74 Å². The first-order valence-corrected chi connectivity index (χ1v) is 7.36. The zero-order valence-electron chi connectivity index (χ0n) is 11.4.